The van der Waals surface area contributed by atoms with E-state index < -0.39 is 7.92 Å². The number of hydrogen-bond acceptors (Lipinski definition) is 0. The monoisotopic (exact) mass is 598 g/mol. The van der Waals surface area contributed by atoms with Gasteiger partial charge >= 0.3 is 0 Å². The van der Waals surface area contributed by atoms with E-state index in [2.05, 4.69) is 96.1 Å². The van der Waals surface area contributed by atoms with Crippen molar-refractivity contribution in [1.29, 1.82) is 0 Å². The lowest BCUT2D eigenvalue weighted by atomic mass is 9.90. The van der Waals surface area contributed by atoms with Crippen LogP contribution in [0.2, 0.25) is 0 Å². The highest BCUT2D eigenvalue weighted by Crippen LogP contribution is 2.40. The Morgan fingerprint density at radius 2 is 0.721 bits per heavy atom. The van der Waals surface area contributed by atoms with Crippen molar-refractivity contribution in [2.45, 2.75) is 157 Å². The molecule has 0 heterocycles. The summed E-state index contributed by atoms with van der Waals surface area (Å²) < 4.78 is 0. The molecular formula is C42H63P. The molecule has 0 saturated carbocycles. The van der Waals surface area contributed by atoms with Gasteiger partial charge in [0.1, 0.15) is 0 Å². The molecule has 3 aromatic carbocycles. The summed E-state index contributed by atoms with van der Waals surface area (Å²) in [7, 11) is -0.634. The zero-order chi connectivity index (χ0) is 30.9. The van der Waals surface area contributed by atoms with E-state index in [1.807, 2.05) is 0 Å². The van der Waals surface area contributed by atoms with Gasteiger partial charge in [-0.2, -0.15) is 0 Å². The normalized spacial score (nSPS) is 11.5. The minimum atomic E-state index is -0.634. The molecular weight excluding hydrogens is 535 g/mol. The Labute approximate surface area is 268 Å². The Morgan fingerprint density at radius 3 is 1.09 bits per heavy atom. The average Bonchev–Trinajstić information content (AvgIpc) is 3.04. The Balaban J connectivity index is 2.36. The van der Waals surface area contributed by atoms with Crippen molar-refractivity contribution < 1.29 is 0 Å². The smallest absolute Gasteiger partial charge is 0.0116 e. The van der Waals surface area contributed by atoms with Gasteiger partial charge in [-0.25, -0.2) is 0 Å². The topological polar surface area (TPSA) is 0 Å². The minimum absolute atomic E-state index is 0.634. The SMILES string of the molecule is CCCCc1ccc(P(c2ccccc2)c2ccc(CCCC)c(CCCC)c2CCCC)c(CCCC)c1CCCC. The molecule has 3 rings (SSSR count). The summed E-state index contributed by atoms with van der Waals surface area (Å²) in [6.45, 7) is 14.1. The predicted molar refractivity (Wildman–Crippen MR) is 197 cm³/mol. The van der Waals surface area contributed by atoms with Gasteiger partial charge in [-0.1, -0.05) is 135 Å². The molecule has 0 amide bonds. The molecule has 0 saturated heterocycles. The minimum Gasteiger partial charge on any atom is -0.0654 e. The molecule has 0 nitrogen and oxygen atoms in total. The van der Waals surface area contributed by atoms with Crippen LogP contribution in [0.5, 0.6) is 0 Å². The number of hydrogen-bond donors (Lipinski definition) is 0. The van der Waals surface area contributed by atoms with Crippen LogP contribution in [-0.2, 0) is 38.5 Å². The van der Waals surface area contributed by atoms with Crippen LogP contribution >= 0.6 is 7.92 Å². The number of aryl methyl sites for hydroxylation is 2. The van der Waals surface area contributed by atoms with E-state index in [1.54, 1.807) is 44.0 Å². The van der Waals surface area contributed by atoms with Gasteiger partial charge in [0.05, 0.1) is 0 Å². The maximum Gasteiger partial charge on any atom is -0.0116 e. The van der Waals surface area contributed by atoms with Crippen LogP contribution in [0.3, 0.4) is 0 Å². The van der Waals surface area contributed by atoms with E-state index >= 15 is 0 Å². The summed E-state index contributed by atoms with van der Waals surface area (Å²) in [5.74, 6) is 0. The second kappa shape index (κ2) is 20.2. The second-order valence-corrected chi connectivity index (χ2v) is 14.8. The first kappa shape index (κ1) is 35.6. The summed E-state index contributed by atoms with van der Waals surface area (Å²) in [4.78, 5) is 0. The van der Waals surface area contributed by atoms with Gasteiger partial charge in [0.2, 0.25) is 0 Å². The number of rotatable bonds is 21. The van der Waals surface area contributed by atoms with Gasteiger partial charge in [0.15, 0.2) is 0 Å². The fourth-order valence-corrected chi connectivity index (χ4v) is 9.43. The van der Waals surface area contributed by atoms with Crippen molar-refractivity contribution in [3.8, 4) is 0 Å². The van der Waals surface area contributed by atoms with Crippen molar-refractivity contribution in [2.75, 3.05) is 0 Å². The van der Waals surface area contributed by atoms with E-state index in [4.69, 9.17) is 0 Å². The molecule has 0 aliphatic carbocycles. The number of unbranched alkanes of at least 4 members (excludes halogenated alkanes) is 6. The molecule has 0 spiro atoms. The Bertz CT molecular complexity index is 1120. The van der Waals surface area contributed by atoms with Crippen LogP contribution in [0.25, 0.3) is 0 Å². The molecule has 0 bridgehead atoms. The summed E-state index contributed by atoms with van der Waals surface area (Å²) >= 11 is 0. The third-order valence-corrected chi connectivity index (χ3v) is 11.8. The quantitative estimate of drug-likeness (QED) is 0.107. The first-order valence-corrected chi connectivity index (χ1v) is 19.6. The molecule has 0 atom stereocenters. The highest BCUT2D eigenvalue weighted by molar-refractivity contribution is 7.80. The van der Waals surface area contributed by atoms with Crippen LogP contribution in [0.1, 0.15) is 152 Å². The van der Waals surface area contributed by atoms with E-state index in [9.17, 15) is 0 Å². The third kappa shape index (κ3) is 10.0. The van der Waals surface area contributed by atoms with Crippen molar-refractivity contribution in [3.05, 3.63) is 88.0 Å². The van der Waals surface area contributed by atoms with E-state index in [1.165, 1.54) is 121 Å². The fraction of sp³-hybridized carbons (Fsp3) is 0.571. The second-order valence-electron chi connectivity index (χ2n) is 12.7. The maximum atomic E-state index is 2.60. The van der Waals surface area contributed by atoms with Crippen molar-refractivity contribution in [3.63, 3.8) is 0 Å². The van der Waals surface area contributed by atoms with Crippen molar-refractivity contribution in [1.82, 2.24) is 0 Å². The van der Waals surface area contributed by atoms with Gasteiger partial charge in [-0.3, -0.25) is 0 Å². The van der Waals surface area contributed by atoms with Gasteiger partial charge in [0.25, 0.3) is 0 Å². The van der Waals surface area contributed by atoms with Crippen molar-refractivity contribution in [2.24, 2.45) is 0 Å². The van der Waals surface area contributed by atoms with E-state index in [-0.39, 0.29) is 0 Å². The molecule has 236 valence electrons. The maximum absolute atomic E-state index is 2.60. The predicted octanol–water partition coefficient (Wildman–Crippen LogP) is 11.5. The summed E-state index contributed by atoms with van der Waals surface area (Å²) in [6.07, 6.45) is 22.7. The number of benzene rings is 3. The van der Waals surface area contributed by atoms with Crippen LogP contribution < -0.4 is 15.9 Å². The van der Waals surface area contributed by atoms with Crippen LogP contribution in [0, 0.1) is 0 Å². The molecule has 0 radical (unpaired) electrons. The highest BCUT2D eigenvalue weighted by atomic mass is 31.1. The molecule has 0 unspecified atom stereocenters. The molecule has 43 heavy (non-hydrogen) atoms. The van der Waals surface area contributed by atoms with Crippen molar-refractivity contribution >= 4 is 23.8 Å². The van der Waals surface area contributed by atoms with Crippen LogP contribution in [0.15, 0.2) is 54.6 Å². The molecule has 0 aliphatic rings. The molecule has 0 aromatic heterocycles. The Kier molecular flexibility index (Phi) is 16.7. The van der Waals surface area contributed by atoms with Gasteiger partial charge in [-0.15, -0.1) is 0 Å². The summed E-state index contributed by atoms with van der Waals surface area (Å²) in [5, 5.41) is 4.83. The first-order chi connectivity index (χ1) is 21.1. The summed E-state index contributed by atoms with van der Waals surface area (Å²) in [5.41, 5.74) is 10.1. The first-order valence-electron chi connectivity index (χ1n) is 18.3. The van der Waals surface area contributed by atoms with Gasteiger partial charge in [-0.05, 0) is 134 Å². The third-order valence-electron chi connectivity index (χ3n) is 9.22. The molecule has 0 N–H and O–H groups in total. The largest absolute Gasteiger partial charge is 0.0654 e. The fourth-order valence-electron chi connectivity index (χ4n) is 6.66. The van der Waals surface area contributed by atoms with Crippen LogP contribution in [0.4, 0.5) is 0 Å². The zero-order valence-electron chi connectivity index (χ0n) is 28.9. The summed E-state index contributed by atoms with van der Waals surface area (Å²) in [6, 6.07) is 22.0. The Morgan fingerprint density at radius 1 is 0.372 bits per heavy atom. The van der Waals surface area contributed by atoms with Crippen LogP contribution in [-0.4, -0.2) is 0 Å². The highest BCUT2D eigenvalue weighted by Gasteiger charge is 2.26. The van der Waals surface area contributed by atoms with E-state index in [0.29, 0.717) is 0 Å². The average molecular weight is 599 g/mol. The molecule has 0 aliphatic heterocycles. The standard InChI is InChI=1S/C42H63P/c1-7-13-22-34-30-32-41(39(28-17-11-5)37(34)26-15-9-3)43(36-24-20-19-21-25-36)42-33-31-35(23-14-8-2)38(27-16-10-4)40(42)29-18-12-6/h19-21,24-25,30-33H,7-18,22-23,26-29H2,1-6H3. The van der Waals surface area contributed by atoms with E-state index in [0.717, 1.165) is 0 Å². The lowest BCUT2D eigenvalue weighted by molar-refractivity contribution is 0.736. The van der Waals surface area contributed by atoms with Gasteiger partial charge < -0.3 is 0 Å². The van der Waals surface area contributed by atoms with Gasteiger partial charge in [0, 0.05) is 0 Å². The lowest BCUT2D eigenvalue weighted by Gasteiger charge is -2.29. The molecule has 1 heteroatoms. The zero-order valence-corrected chi connectivity index (χ0v) is 29.8. The molecule has 0 fully saturated rings. The molecule has 3 aromatic rings. The lowest BCUT2D eigenvalue weighted by Crippen LogP contribution is -2.28. The Hall–Kier alpha value is -1.91.